The molecule has 0 aromatic heterocycles. The van der Waals surface area contributed by atoms with Crippen LogP contribution in [-0.4, -0.2) is 47.7 Å². The number of hydrogen-bond donors (Lipinski definition) is 1. The number of carbonyl (C=O) groups is 1. The Balaban J connectivity index is 1.72. The third-order valence-electron chi connectivity index (χ3n) is 4.57. The fourth-order valence-electron chi connectivity index (χ4n) is 3.25. The van der Waals surface area contributed by atoms with Crippen LogP contribution in [0, 0.1) is 6.92 Å². The van der Waals surface area contributed by atoms with Crippen LogP contribution in [-0.2, 0) is 4.79 Å². The van der Waals surface area contributed by atoms with E-state index in [4.69, 9.17) is 0 Å². The summed E-state index contributed by atoms with van der Waals surface area (Å²) in [6.07, 6.45) is 2.25. The van der Waals surface area contributed by atoms with Crippen LogP contribution in [0.3, 0.4) is 0 Å². The zero-order valence-electron chi connectivity index (χ0n) is 12.3. The molecule has 2 fully saturated rings. The molecule has 4 nitrogen and oxygen atoms in total. The molecule has 3 rings (SSSR count). The van der Waals surface area contributed by atoms with E-state index in [0.717, 1.165) is 54.6 Å². The second kappa shape index (κ2) is 6.07. The Hall–Kier alpha value is -0.910. The third-order valence-corrected chi connectivity index (χ3v) is 5.46. The largest absolute Gasteiger partial charge is 0.393 e. The topological polar surface area (TPSA) is 43.8 Å². The van der Waals surface area contributed by atoms with Crippen LogP contribution in [0.15, 0.2) is 22.7 Å². The molecule has 0 saturated carbocycles. The van der Waals surface area contributed by atoms with Gasteiger partial charge in [0.2, 0.25) is 5.91 Å². The van der Waals surface area contributed by atoms with Crippen molar-refractivity contribution < 1.29 is 9.90 Å². The number of carbonyl (C=O) groups excluding carboxylic acids is 1. The summed E-state index contributed by atoms with van der Waals surface area (Å²) in [5.41, 5.74) is 2.13. The maximum Gasteiger partial charge on any atom is 0.244 e. The van der Waals surface area contributed by atoms with Crippen LogP contribution in [0.2, 0.25) is 0 Å². The lowest BCUT2D eigenvalue weighted by Crippen LogP contribution is -2.46. The summed E-state index contributed by atoms with van der Waals surface area (Å²) in [6.45, 7) is 4.47. The van der Waals surface area contributed by atoms with Gasteiger partial charge in [0.25, 0.3) is 0 Å². The number of rotatable bonds is 2. The van der Waals surface area contributed by atoms with Crippen molar-refractivity contribution in [1.29, 1.82) is 0 Å². The smallest absolute Gasteiger partial charge is 0.244 e. The fraction of sp³-hybridized carbons (Fsp3) is 0.562. The van der Waals surface area contributed by atoms with E-state index in [1.54, 1.807) is 0 Å². The molecule has 1 aromatic carbocycles. The number of likely N-dealkylation sites (tertiary alicyclic amines) is 1. The molecule has 0 spiro atoms. The summed E-state index contributed by atoms with van der Waals surface area (Å²) in [6, 6.07) is 6.05. The maximum atomic E-state index is 12.7. The van der Waals surface area contributed by atoms with Gasteiger partial charge >= 0.3 is 0 Å². The van der Waals surface area contributed by atoms with E-state index in [1.807, 2.05) is 24.0 Å². The molecule has 2 aliphatic heterocycles. The Morgan fingerprint density at radius 2 is 1.90 bits per heavy atom. The van der Waals surface area contributed by atoms with E-state index in [0.29, 0.717) is 0 Å². The summed E-state index contributed by atoms with van der Waals surface area (Å²) >= 11 is 3.50. The van der Waals surface area contributed by atoms with Gasteiger partial charge in [0.1, 0.15) is 0 Å². The number of benzene rings is 1. The molecule has 2 aliphatic rings. The maximum absolute atomic E-state index is 12.7. The lowest BCUT2D eigenvalue weighted by Gasteiger charge is -2.33. The van der Waals surface area contributed by atoms with Gasteiger partial charge in [-0.3, -0.25) is 9.69 Å². The summed E-state index contributed by atoms with van der Waals surface area (Å²) < 4.78 is 1.07. The number of hydrogen-bond acceptors (Lipinski definition) is 3. The SMILES string of the molecule is Cc1cc(N2CCC(N3CCC(O)CC3)C2=O)ccc1Br. The first-order chi connectivity index (χ1) is 10.1. The summed E-state index contributed by atoms with van der Waals surface area (Å²) in [4.78, 5) is 16.8. The minimum atomic E-state index is -0.192. The van der Waals surface area contributed by atoms with Gasteiger partial charge in [-0.25, -0.2) is 0 Å². The molecule has 5 heteroatoms. The van der Waals surface area contributed by atoms with Crippen LogP contribution in [0.4, 0.5) is 5.69 Å². The summed E-state index contributed by atoms with van der Waals surface area (Å²) in [5, 5.41) is 9.60. The van der Waals surface area contributed by atoms with E-state index in [9.17, 15) is 9.90 Å². The van der Waals surface area contributed by atoms with Crippen molar-refractivity contribution in [2.75, 3.05) is 24.5 Å². The van der Waals surface area contributed by atoms with Crippen molar-refractivity contribution in [2.24, 2.45) is 0 Å². The Kier molecular flexibility index (Phi) is 4.33. The highest BCUT2D eigenvalue weighted by atomic mass is 79.9. The molecule has 1 amide bonds. The van der Waals surface area contributed by atoms with Gasteiger partial charge in [0.05, 0.1) is 12.1 Å². The van der Waals surface area contributed by atoms with Gasteiger partial charge in [-0.15, -0.1) is 0 Å². The molecule has 1 aromatic rings. The van der Waals surface area contributed by atoms with Crippen molar-refractivity contribution in [1.82, 2.24) is 4.90 Å². The minimum absolute atomic E-state index is 0.0125. The van der Waals surface area contributed by atoms with E-state index in [2.05, 4.69) is 26.9 Å². The van der Waals surface area contributed by atoms with Gasteiger partial charge in [-0.05, 0) is 49.9 Å². The van der Waals surface area contributed by atoms with Gasteiger partial charge < -0.3 is 10.0 Å². The molecule has 1 atom stereocenters. The van der Waals surface area contributed by atoms with Crippen molar-refractivity contribution in [2.45, 2.75) is 38.3 Å². The number of piperidine rings is 1. The second-order valence-corrected chi connectivity index (χ2v) is 6.85. The number of halogens is 1. The number of aliphatic hydroxyl groups excluding tert-OH is 1. The van der Waals surface area contributed by atoms with Crippen molar-refractivity contribution in [3.05, 3.63) is 28.2 Å². The van der Waals surface area contributed by atoms with E-state index in [-0.39, 0.29) is 18.1 Å². The fourth-order valence-corrected chi connectivity index (χ4v) is 3.50. The summed E-state index contributed by atoms with van der Waals surface area (Å²) in [7, 11) is 0. The van der Waals surface area contributed by atoms with Crippen molar-refractivity contribution in [3.63, 3.8) is 0 Å². The predicted molar refractivity (Wildman–Crippen MR) is 86.5 cm³/mol. The molecule has 114 valence electrons. The van der Waals surface area contributed by atoms with Gasteiger partial charge in [0, 0.05) is 29.8 Å². The normalized spacial score (nSPS) is 24.8. The molecule has 0 bridgehead atoms. The standard InChI is InChI=1S/C16H21BrN2O2/c1-11-10-12(2-3-14(11)17)19-9-6-15(16(19)21)18-7-4-13(20)5-8-18/h2-3,10,13,15,20H,4-9H2,1H3. The minimum Gasteiger partial charge on any atom is -0.393 e. The molecule has 1 N–H and O–H groups in total. The average Bonchev–Trinajstić information content (AvgIpc) is 2.85. The predicted octanol–water partition coefficient (Wildman–Crippen LogP) is 2.32. The van der Waals surface area contributed by atoms with E-state index >= 15 is 0 Å². The first-order valence-corrected chi connectivity index (χ1v) is 8.35. The van der Waals surface area contributed by atoms with Crippen LogP contribution < -0.4 is 4.90 Å². The molecule has 1 unspecified atom stereocenters. The molecule has 21 heavy (non-hydrogen) atoms. The van der Waals surface area contributed by atoms with Crippen LogP contribution in [0.1, 0.15) is 24.8 Å². The van der Waals surface area contributed by atoms with E-state index < -0.39 is 0 Å². The molecular weight excluding hydrogens is 332 g/mol. The van der Waals surface area contributed by atoms with Crippen molar-refractivity contribution in [3.8, 4) is 0 Å². The van der Waals surface area contributed by atoms with Gasteiger partial charge in [-0.1, -0.05) is 15.9 Å². The number of nitrogens with zero attached hydrogens (tertiary/aromatic N) is 2. The number of anilines is 1. The van der Waals surface area contributed by atoms with Crippen LogP contribution >= 0.6 is 15.9 Å². The highest BCUT2D eigenvalue weighted by molar-refractivity contribution is 9.10. The molecule has 0 aliphatic carbocycles. The molecule has 0 radical (unpaired) electrons. The Morgan fingerprint density at radius 3 is 2.57 bits per heavy atom. The monoisotopic (exact) mass is 352 g/mol. The van der Waals surface area contributed by atoms with E-state index in [1.165, 1.54) is 0 Å². The Labute approximate surface area is 133 Å². The lowest BCUT2D eigenvalue weighted by molar-refractivity contribution is -0.122. The lowest BCUT2D eigenvalue weighted by atomic mass is 10.1. The summed E-state index contributed by atoms with van der Waals surface area (Å²) in [5.74, 6) is 0.202. The zero-order valence-corrected chi connectivity index (χ0v) is 13.8. The highest BCUT2D eigenvalue weighted by Gasteiger charge is 2.37. The molecule has 2 heterocycles. The van der Waals surface area contributed by atoms with Gasteiger partial charge in [0.15, 0.2) is 0 Å². The highest BCUT2D eigenvalue weighted by Crippen LogP contribution is 2.29. The quantitative estimate of drug-likeness (QED) is 0.888. The third kappa shape index (κ3) is 3.00. The first-order valence-electron chi connectivity index (χ1n) is 7.56. The number of aryl methyl sites for hydroxylation is 1. The number of amides is 1. The molecule has 2 saturated heterocycles. The average molecular weight is 353 g/mol. The Bertz CT molecular complexity index is 541. The number of aliphatic hydroxyl groups is 1. The zero-order chi connectivity index (χ0) is 15.0. The molecular formula is C16H21BrN2O2. The van der Waals surface area contributed by atoms with Crippen molar-refractivity contribution >= 4 is 27.5 Å². The second-order valence-electron chi connectivity index (χ2n) is 5.99. The first kappa shape index (κ1) is 15.0. The van der Waals surface area contributed by atoms with Crippen LogP contribution in [0.25, 0.3) is 0 Å². The Morgan fingerprint density at radius 1 is 1.19 bits per heavy atom. The van der Waals surface area contributed by atoms with Crippen LogP contribution in [0.5, 0.6) is 0 Å². The van der Waals surface area contributed by atoms with Gasteiger partial charge in [-0.2, -0.15) is 0 Å².